The molecular formula is C115H71F7N2O4. The van der Waals surface area contributed by atoms with Crippen molar-refractivity contribution >= 4 is 90.2 Å². The van der Waals surface area contributed by atoms with Gasteiger partial charge in [0.05, 0.1) is 22.2 Å². The van der Waals surface area contributed by atoms with Crippen LogP contribution in [-0.2, 0) is 10.8 Å². The number of benzene rings is 18. The fourth-order valence-corrected chi connectivity index (χ4v) is 19.5. The zero-order chi connectivity index (χ0) is 86.8. The van der Waals surface area contributed by atoms with Crippen molar-refractivity contribution in [2.45, 2.75) is 17.8 Å². The van der Waals surface area contributed by atoms with E-state index >= 15 is 30.7 Å². The summed E-state index contributed by atoms with van der Waals surface area (Å²) in [7, 11) is 0. The van der Waals surface area contributed by atoms with E-state index in [1.807, 2.05) is 267 Å². The number of ether oxygens (including phenoxy) is 2. The summed E-state index contributed by atoms with van der Waals surface area (Å²) in [4.78, 5) is 3.56. The van der Waals surface area contributed by atoms with E-state index in [2.05, 4.69) is 13.2 Å². The molecule has 2 aliphatic carbocycles. The van der Waals surface area contributed by atoms with Crippen molar-refractivity contribution < 1.29 is 49.0 Å². The minimum absolute atomic E-state index is 0.0467. The highest BCUT2D eigenvalue weighted by Crippen LogP contribution is 2.62. The molecule has 22 rings (SSSR count). The van der Waals surface area contributed by atoms with Crippen LogP contribution in [0.1, 0.15) is 61.2 Å². The van der Waals surface area contributed by atoms with E-state index in [4.69, 9.17) is 18.3 Å². The van der Waals surface area contributed by atoms with Gasteiger partial charge in [-0.2, -0.15) is 0 Å². The first-order valence-corrected chi connectivity index (χ1v) is 41.9. The second kappa shape index (κ2) is 30.9. The first-order valence-electron chi connectivity index (χ1n) is 41.9. The molecule has 2 heterocycles. The Hall–Kier alpha value is -16.3. The Labute approximate surface area is 732 Å². The van der Waals surface area contributed by atoms with Gasteiger partial charge in [-0.1, -0.05) is 244 Å². The molecule has 0 amide bonds. The van der Waals surface area contributed by atoms with Gasteiger partial charge in [0, 0.05) is 83.7 Å². The van der Waals surface area contributed by atoms with Crippen LogP contribution in [0.15, 0.2) is 398 Å². The first kappa shape index (κ1) is 77.8. The van der Waals surface area contributed by atoms with Gasteiger partial charge in [0.2, 0.25) is 0 Å². The molecule has 2 unspecified atom stereocenters. The number of furan rings is 2. The molecule has 2 aromatic heterocycles. The average molecular weight is 1680 g/mol. The van der Waals surface area contributed by atoms with Gasteiger partial charge in [0.1, 0.15) is 86.1 Å². The van der Waals surface area contributed by atoms with E-state index in [0.29, 0.717) is 146 Å². The largest absolute Gasteiger partial charge is 0.457 e. The lowest BCUT2D eigenvalue weighted by Crippen LogP contribution is -2.31. The number of hydrogen-bond donors (Lipinski definition) is 0. The van der Waals surface area contributed by atoms with Gasteiger partial charge in [-0.15, -0.1) is 0 Å². The van der Waals surface area contributed by atoms with E-state index < -0.39 is 51.6 Å². The molecule has 0 saturated heterocycles. The summed E-state index contributed by atoms with van der Waals surface area (Å²) < 4.78 is 150. The minimum Gasteiger partial charge on any atom is -0.457 e. The molecule has 0 saturated carbocycles. The first-order chi connectivity index (χ1) is 62.6. The summed E-state index contributed by atoms with van der Waals surface area (Å²) in [6.45, 7) is 9.68. The maximum absolute atomic E-state index is 18.4. The fourth-order valence-electron chi connectivity index (χ4n) is 19.5. The van der Waals surface area contributed by atoms with E-state index in [1.165, 1.54) is 54.6 Å². The summed E-state index contributed by atoms with van der Waals surface area (Å²) in [5, 5.41) is 3.26. The number of fused-ring (bicyclic) bond motifs is 12. The van der Waals surface area contributed by atoms with Crippen molar-refractivity contribution in [1.29, 1.82) is 0 Å². The van der Waals surface area contributed by atoms with E-state index in [1.54, 1.807) is 83.8 Å². The normalized spacial score (nSPS) is 14.2. The molecule has 0 N–H and O–H groups in total. The topological polar surface area (TPSA) is 51.2 Å². The lowest BCUT2D eigenvalue weighted by molar-refractivity contribution is 0.481. The minimum atomic E-state index is -1.71. The Balaban J connectivity index is 0.692. The second-order valence-corrected chi connectivity index (χ2v) is 32.3. The highest BCUT2D eigenvalue weighted by Gasteiger charge is 2.52. The number of rotatable bonds is 19. The predicted molar refractivity (Wildman–Crippen MR) is 499 cm³/mol. The van der Waals surface area contributed by atoms with Crippen LogP contribution in [0.25, 0.3) is 112 Å². The highest BCUT2D eigenvalue weighted by molar-refractivity contribution is 6.11. The van der Waals surface area contributed by atoms with E-state index in [9.17, 15) is 0 Å². The van der Waals surface area contributed by atoms with Gasteiger partial charge in [-0.05, 0) is 242 Å². The molecule has 6 nitrogen and oxygen atoms in total. The molecule has 0 fully saturated rings. The Morgan fingerprint density at radius 1 is 0.273 bits per heavy atom. The zero-order valence-corrected chi connectivity index (χ0v) is 68.5. The summed E-state index contributed by atoms with van der Waals surface area (Å²) in [6.07, 6.45) is 3.48. The molecule has 614 valence electrons. The SMILES string of the molecule is C=Cc1ccc(Oc2ccc(C3(c4c(F)cccc4F)c4ccccc4-c4ccc(N(c5ccc(-c6ccc(N(c7ccc8c(c7)C(c7ccc(Oc9ccc(C=C)cc9)cc7)(c7c(F)cccc7F)c7ccccc7-8)c7cc(F)c(-c8cccc9c8oc8ccccc89)cc7F)cc6)cc5)c5cc(F)c(-c6cccc7c6oc6ccccc67)cc5C)cc43)cc2)cc1. The molecule has 0 spiro atoms. The van der Waals surface area contributed by atoms with Crippen LogP contribution in [-0.4, -0.2) is 0 Å². The molecule has 2 aliphatic rings. The van der Waals surface area contributed by atoms with Gasteiger partial charge >= 0.3 is 0 Å². The van der Waals surface area contributed by atoms with Crippen LogP contribution < -0.4 is 19.3 Å². The van der Waals surface area contributed by atoms with E-state index in [0.717, 1.165) is 49.4 Å². The summed E-state index contributed by atoms with van der Waals surface area (Å²) in [5.74, 6) is -3.17. The molecule has 20 aromatic rings. The Kier molecular flexibility index (Phi) is 18.8. The van der Waals surface area contributed by atoms with Gasteiger partial charge in [0.15, 0.2) is 0 Å². The molecule has 0 aliphatic heterocycles. The van der Waals surface area contributed by atoms with Crippen LogP contribution in [0.3, 0.4) is 0 Å². The molecule has 128 heavy (non-hydrogen) atoms. The quantitative estimate of drug-likeness (QED) is 0.0752. The number of nitrogens with zero attached hydrogens (tertiary/aromatic N) is 2. The van der Waals surface area contributed by atoms with E-state index in [-0.39, 0.29) is 22.4 Å². The van der Waals surface area contributed by atoms with Crippen LogP contribution >= 0.6 is 0 Å². The Morgan fingerprint density at radius 2 is 0.617 bits per heavy atom. The van der Waals surface area contributed by atoms with Crippen molar-refractivity contribution in [2.75, 3.05) is 9.80 Å². The maximum atomic E-state index is 18.4. The number of anilines is 6. The Bertz CT molecular complexity index is 7390. The monoisotopic (exact) mass is 1680 g/mol. The molecule has 0 bridgehead atoms. The zero-order valence-electron chi connectivity index (χ0n) is 68.5. The van der Waals surface area contributed by atoms with Crippen molar-refractivity contribution in [3.8, 4) is 78.6 Å². The molecule has 2 atom stereocenters. The van der Waals surface area contributed by atoms with Crippen LogP contribution in [0.2, 0.25) is 0 Å². The number of para-hydroxylation sites is 4. The third-order valence-corrected chi connectivity index (χ3v) is 25.3. The highest BCUT2D eigenvalue weighted by atomic mass is 19.2. The summed E-state index contributed by atoms with van der Waals surface area (Å²) in [6, 6.07) is 111. The Morgan fingerprint density at radius 3 is 1.05 bits per heavy atom. The lowest BCUT2D eigenvalue weighted by Gasteiger charge is -2.35. The van der Waals surface area contributed by atoms with Gasteiger partial charge in [0.25, 0.3) is 0 Å². The molecule has 18 aromatic carbocycles. The molecule has 0 radical (unpaired) electrons. The van der Waals surface area contributed by atoms with Crippen LogP contribution in [0.4, 0.5) is 64.9 Å². The maximum Gasteiger partial charge on any atom is 0.148 e. The number of hydrogen-bond acceptors (Lipinski definition) is 6. The summed E-state index contributed by atoms with van der Waals surface area (Å²) in [5.41, 5.74) is 11.6. The van der Waals surface area contributed by atoms with Gasteiger partial charge < -0.3 is 28.1 Å². The smallest absolute Gasteiger partial charge is 0.148 e. The summed E-state index contributed by atoms with van der Waals surface area (Å²) >= 11 is 0. The average Bonchev–Trinajstić information content (AvgIpc) is 1.53. The fraction of sp³-hybridized carbons (Fsp3) is 0.0261. The van der Waals surface area contributed by atoms with Crippen molar-refractivity contribution in [3.05, 3.63) is 491 Å². The third-order valence-electron chi connectivity index (χ3n) is 25.3. The molecule has 13 heteroatoms. The van der Waals surface area contributed by atoms with Gasteiger partial charge in [-0.25, -0.2) is 30.7 Å². The molecular weight excluding hydrogens is 1610 g/mol. The lowest BCUT2D eigenvalue weighted by atomic mass is 9.67. The predicted octanol–water partition coefficient (Wildman–Crippen LogP) is 32.3. The van der Waals surface area contributed by atoms with Crippen molar-refractivity contribution in [1.82, 2.24) is 0 Å². The third kappa shape index (κ3) is 12.5. The van der Waals surface area contributed by atoms with Gasteiger partial charge in [-0.3, -0.25) is 0 Å². The van der Waals surface area contributed by atoms with Crippen molar-refractivity contribution in [2.24, 2.45) is 0 Å². The number of halogens is 7. The standard InChI is InChI=1S/C115H71F7N2O4/c1-4-69-34-52-79(53-35-69)125-81-56-42-73(43-57-81)114(110-99(116)28-16-29-100(110)117)95-26-10-6-18-83(95)85-60-50-77(63-97(85)114)123(106-66-103(120)93(62-68(106)3)91-24-14-22-89-87-20-8-12-32-108(87)127-112(89)91)75-46-38-71(39-47-75)72-40-48-76(49-41-72)124(107-67-104(121)94(65-105(107)122)92-25-15-23-90-88-21-9-13-33-109(88)128-113(90)92)78-51-61-86-84-19-7-11-27-96(84)115(98(86)64-78,111-101(118)30-17-31-102(111)119)74-44-58-82(59-45-74)126-80-54-36-70(5-2)37-55-80/h4-67H,1-2H2,3H3. The number of aryl methyl sites for hydroxylation is 1. The second-order valence-electron chi connectivity index (χ2n) is 32.3. The van der Waals surface area contributed by atoms with Crippen LogP contribution in [0.5, 0.6) is 23.0 Å². The van der Waals surface area contributed by atoms with Crippen LogP contribution in [0, 0.1) is 47.6 Å². The van der Waals surface area contributed by atoms with Crippen molar-refractivity contribution in [3.63, 3.8) is 0 Å².